The van der Waals surface area contributed by atoms with Crippen LogP contribution in [0.4, 0.5) is 4.39 Å². The molecule has 0 unspecified atom stereocenters. The Morgan fingerprint density at radius 3 is 2.80 bits per heavy atom. The SMILES string of the molecule is C[NH+](C)CCNC(=O)[C@H]1CC(c2ccc(F)cc2)=NO1. The van der Waals surface area contributed by atoms with Crippen LogP contribution in [0, 0.1) is 5.82 Å². The summed E-state index contributed by atoms with van der Waals surface area (Å²) in [6.07, 6.45) is -0.182. The van der Waals surface area contributed by atoms with Crippen molar-refractivity contribution in [2.24, 2.45) is 5.16 Å². The highest BCUT2D eigenvalue weighted by atomic mass is 19.1. The van der Waals surface area contributed by atoms with E-state index in [4.69, 9.17) is 4.84 Å². The summed E-state index contributed by atoms with van der Waals surface area (Å²) in [5.41, 5.74) is 1.45. The van der Waals surface area contributed by atoms with Gasteiger partial charge in [0.2, 0.25) is 6.10 Å². The summed E-state index contributed by atoms with van der Waals surface area (Å²) in [5.74, 6) is -0.458. The van der Waals surface area contributed by atoms with E-state index >= 15 is 0 Å². The molecule has 0 bridgehead atoms. The van der Waals surface area contributed by atoms with Crippen LogP contribution in [0.25, 0.3) is 0 Å². The Morgan fingerprint density at radius 2 is 2.15 bits per heavy atom. The number of quaternary nitrogens is 1. The lowest BCUT2D eigenvalue weighted by molar-refractivity contribution is -0.856. The maximum absolute atomic E-state index is 12.8. The van der Waals surface area contributed by atoms with Gasteiger partial charge >= 0.3 is 0 Å². The molecule has 1 aliphatic heterocycles. The first-order valence-electron chi connectivity index (χ1n) is 6.61. The third kappa shape index (κ3) is 3.77. The molecule has 108 valence electrons. The lowest BCUT2D eigenvalue weighted by Crippen LogP contribution is -3.06. The molecule has 0 aliphatic carbocycles. The van der Waals surface area contributed by atoms with Gasteiger partial charge in [-0.3, -0.25) is 4.79 Å². The molecule has 1 aromatic rings. The number of oxime groups is 1. The van der Waals surface area contributed by atoms with Gasteiger partial charge in [0, 0.05) is 6.42 Å². The second kappa shape index (κ2) is 6.47. The van der Waals surface area contributed by atoms with E-state index in [0.717, 1.165) is 12.1 Å². The van der Waals surface area contributed by atoms with Crippen molar-refractivity contribution in [2.75, 3.05) is 27.2 Å². The first kappa shape index (κ1) is 14.5. The Labute approximate surface area is 117 Å². The summed E-state index contributed by atoms with van der Waals surface area (Å²) in [4.78, 5) is 18.3. The normalized spacial score (nSPS) is 17.8. The van der Waals surface area contributed by atoms with E-state index in [1.165, 1.54) is 17.0 Å². The van der Waals surface area contributed by atoms with Crippen LogP contribution in [0.2, 0.25) is 0 Å². The number of carbonyl (C=O) groups is 1. The maximum Gasteiger partial charge on any atom is 0.264 e. The predicted octanol–water partition coefficient (Wildman–Crippen LogP) is -0.421. The van der Waals surface area contributed by atoms with Crippen molar-refractivity contribution in [2.45, 2.75) is 12.5 Å². The van der Waals surface area contributed by atoms with E-state index in [1.807, 2.05) is 14.1 Å². The molecule has 5 nitrogen and oxygen atoms in total. The molecule has 0 radical (unpaired) electrons. The van der Waals surface area contributed by atoms with E-state index < -0.39 is 6.10 Å². The van der Waals surface area contributed by atoms with Crippen LogP contribution in [0.1, 0.15) is 12.0 Å². The molecule has 0 saturated carbocycles. The molecule has 20 heavy (non-hydrogen) atoms. The fourth-order valence-corrected chi connectivity index (χ4v) is 1.88. The van der Waals surface area contributed by atoms with Gasteiger partial charge in [-0.2, -0.15) is 0 Å². The molecule has 0 saturated heterocycles. The van der Waals surface area contributed by atoms with Gasteiger partial charge in [-0.1, -0.05) is 17.3 Å². The minimum absolute atomic E-state index is 0.160. The van der Waals surface area contributed by atoms with Crippen molar-refractivity contribution >= 4 is 11.6 Å². The van der Waals surface area contributed by atoms with Gasteiger partial charge in [0.15, 0.2) is 0 Å². The zero-order valence-electron chi connectivity index (χ0n) is 11.6. The molecular weight excluding hydrogens is 261 g/mol. The quantitative estimate of drug-likeness (QED) is 0.770. The molecule has 1 aliphatic rings. The first-order valence-corrected chi connectivity index (χ1v) is 6.61. The van der Waals surface area contributed by atoms with Gasteiger partial charge in [0.1, 0.15) is 5.82 Å². The molecule has 1 aromatic carbocycles. The molecule has 0 aromatic heterocycles. The molecule has 2 rings (SSSR count). The van der Waals surface area contributed by atoms with Crippen molar-refractivity contribution in [1.82, 2.24) is 5.32 Å². The minimum Gasteiger partial charge on any atom is -0.382 e. The highest BCUT2D eigenvalue weighted by Crippen LogP contribution is 2.17. The van der Waals surface area contributed by atoms with Gasteiger partial charge < -0.3 is 15.1 Å². The Hall–Kier alpha value is -1.95. The lowest BCUT2D eigenvalue weighted by atomic mass is 10.0. The van der Waals surface area contributed by atoms with E-state index in [9.17, 15) is 9.18 Å². The molecule has 0 fully saturated rings. The van der Waals surface area contributed by atoms with Gasteiger partial charge in [0.05, 0.1) is 32.9 Å². The van der Waals surface area contributed by atoms with Gasteiger partial charge in [-0.15, -0.1) is 0 Å². The predicted molar refractivity (Wildman–Crippen MR) is 73.1 cm³/mol. The van der Waals surface area contributed by atoms with E-state index in [2.05, 4.69) is 10.5 Å². The van der Waals surface area contributed by atoms with Crippen LogP contribution < -0.4 is 10.2 Å². The molecule has 1 atom stereocenters. The summed E-state index contributed by atoms with van der Waals surface area (Å²) < 4.78 is 12.8. The monoisotopic (exact) mass is 280 g/mol. The van der Waals surface area contributed by atoms with Crippen LogP contribution in [0.15, 0.2) is 29.4 Å². The summed E-state index contributed by atoms with van der Waals surface area (Å²) in [6.45, 7) is 1.46. The van der Waals surface area contributed by atoms with Gasteiger partial charge in [-0.25, -0.2) is 4.39 Å². The summed E-state index contributed by atoms with van der Waals surface area (Å²) in [7, 11) is 4.04. The second-order valence-electron chi connectivity index (χ2n) is 5.09. The second-order valence-corrected chi connectivity index (χ2v) is 5.09. The highest BCUT2D eigenvalue weighted by Gasteiger charge is 2.28. The topological polar surface area (TPSA) is 55.1 Å². The first-order chi connectivity index (χ1) is 9.56. The van der Waals surface area contributed by atoms with E-state index in [1.54, 1.807) is 12.1 Å². The lowest BCUT2D eigenvalue weighted by Gasteiger charge is -2.11. The fourth-order valence-electron chi connectivity index (χ4n) is 1.88. The third-order valence-corrected chi connectivity index (χ3v) is 3.06. The van der Waals surface area contributed by atoms with Crippen molar-refractivity contribution in [1.29, 1.82) is 0 Å². The number of rotatable bonds is 5. The van der Waals surface area contributed by atoms with Crippen LogP contribution in [-0.4, -0.2) is 44.9 Å². The van der Waals surface area contributed by atoms with Crippen molar-refractivity contribution < 1.29 is 18.9 Å². The number of hydrogen-bond acceptors (Lipinski definition) is 3. The molecule has 1 heterocycles. The average molecular weight is 280 g/mol. The number of nitrogens with one attached hydrogen (secondary N) is 2. The molecule has 6 heteroatoms. The summed E-state index contributed by atoms with van der Waals surface area (Å²) in [6, 6.07) is 6.00. The summed E-state index contributed by atoms with van der Waals surface area (Å²) >= 11 is 0. The smallest absolute Gasteiger partial charge is 0.264 e. The number of nitrogens with zero attached hydrogens (tertiary/aromatic N) is 1. The Bertz CT molecular complexity index is 500. The average Bonchev–Trinajstić information content (AvgIpc) is 2.88. The van der Waals surface area contributed by atoms with Crippen LogP contribution >= 0.6 is 0 Å². The van der Waals surface area contributed by atoms with Crippen molar-refractivity contribution in [3.05, 3.63) is 35.6 Å². The summed E-state index contributed by atoms with van der Waals surface area (Å²) in [5, 5.41) is 6.73. The fraction of sp³-hybridized carbons (Fsp3) is 0.429. The number of benzene rings is 1. The molecule has 0 spiro atoms. The number of halogens is 1. The number of hydrogen-bond donors (Lipinski definition) is 2. The van der Waals surface area contributed by atoms with Crippen LogP contribution in [0.3, 0.4) is 0 Å². The third-order valence-electron chi connectivity index (χ3n) is 3.06. The van der Waals surface area contributed by atoms with Gasteiger partial charge in [0.25, 0.3) is 5.91 Å². The van der Waals surface area contributed by atoms with Crippen molar-refractivity contribution in [3.63, 3.8) is 0 Å². The highest BCUT2D eigenvalue weighted by molar-refractivity contribution is 6.04. The number of amides is 1. The Balaban J connectivity index is 1.84. The van der Waals surface area contributed by atoms with Crippen LogP contribution in [0.5, 0.6) is 0 Å². The maximum atomic E-state index is 12.8. The number of carbonyl (C=O) groups excluding carboxylic acids is 1. The molecule has 2 N–H and O–H groups in total. The zero-order chi connectivity index (χ0) is 14.5. The minimum atomic E-state index is -0.591. The van der Waals surface area contributed by atoms with E-state index in [-0.39, 0.29) is 11.7 Å². The largest absolute Gasteiger partial charge is 0.382 e. The Morgan fingerprint density at radius 1 is 1.45 bits per heavy atom. The molecular formula is C14H19FN3O2+. The van der Waals surface area contributed by atoms with Gasteiger partial charge in [-0.05, 0) is 17.7 Å². The zero-order valence-corrected chi connectivity index (χ0v) is 11.6. The standard InChI is InChI=1S/C14H18FN3O2/c1-18(2)8-7-16-14(19)13-9-12(17-20-13)10-3-5-11(15)6-4-10/h3-6,13H,7-9H2,1-2H3,(H,16,19)/p+1/t13-/m1/s1. The Kier molecular flexibility index (Phi) is 4.68. The van der Waals surface area contributed by atoms with Crippen LogP contribution in [-0.2, 0) is 9.63 Å². The number of likely N-dealkylation sites (N-methyl/N-ethyl adjacent to an activating group) is 1. The molecule has 1 amide bonds. The van der Waals surface area contributed by atoms with Crippen molar-refractivity contribution in [3.8, 4) is 0 Å². The van der Waals surface area contributed by atoms with E-state index in [0.29, 0.717) is 18.7 Å².